The molecular formula is C22H16O10S. The van der Waals surface area contributed by atoms with Crippen LogP contribution in [0.4, 0.5) is 0 Å². The maximum absolute atomic E-state index is 12.3. The van der Waals surface area contributed by atoms with Crippen molar-refractivity contribution in [3.63, 3.8) is 0 Å². The number of rotatable bonds is 6. The zero-order valence-corrected chi connectivity index (χ0v) is 17.4. The molecule has 0 spiro atoms. The highest BCUT2D eigenvalue weighted by atomic mass is 32.2. The highest BCUT2D eigenvalue weighted by Crippen LogP contribution is 2.21. The third-order valence-corrected chi connectivity index (χ3v) is 5.97. The second-order valence-corrected chi connectivity index (χ2v) is 8.30. The third kappa shape index (κ3) is 6.24. The molecule has 3 rings (SSSR count). The molecule has 0 saturated heterocycles. The van der Waals surface area contributed by atoms with Gasteiger partial charge in [-0.1, -0.05) is 6.07 Å². The molecule has 10 nitrogen and oxygen atoms in total. The minimum absolute atomic E-state index is 0.0184. The van der Waals surface area contributed by atoms with Crippen LogP contribution >= 0.6 is 0 Å². The first kappa shape index (κ1) is 24.8. The van der Waals surface area contributed by atoms with E-state index in [1.54, 1.807) is 0 Å². The largest absolute Gasteiger partial charge is 0.478 e. The lowest BCUT2D eigenvalue weighted by Crippen LogP contribution is -2.04. The van der Waals surface area contributed by atoms with Crippen molar-refractivity contribution >= 4 is 33.7 Å². The molecule has 0 amide bonds. The number of carboxylic acids is 4. The average Bonchev–Trinajstić information content (AvgIpc) is 2.79. The Bertz CT molecular complexity index is 1220. The molecule has 0 heterocycles. The van der Waals surface area contributed by atoms with Crippen molar-refractivity contribution < 1.29 is 48.0 Å². The number of carboxylic acid groups (broad SMARTS) is 4. The number of carbonyl (C=O) groups is 4. The maximum Gasteiger partial charge on any atom is 0.335 e. The standard InChI is InChI=1S/C14H10O6S.C8H6O4/c15-13(16)9-1-5-11(6-2-9)21(19,20)12-7-3-10(4-8-12)14(17)18;9-7(10)5-2-1-3-6(4-5)8(11)12/h1-8H,(H,15,16)(H,17,18);1-4H,(H,9,10)(H,11,12). The van der Waals surface area contributed by atoms with Crippen LogP contribution in [-0.2, 0) is 9.84 Å². The summed E-state index contributed by atoms with van der Waals surface area (Å²) in [6.07, 6.45) is 0. The van der Waals surface area contributed by atoms with E-state index in [4.69, 9.17) is 20.4 Å². The first-order valence-electron chi connectivity index (χ1n) is 8.92. The number of hydrogen-bond acceptors (Lipinski definition) is 6. The maximum atomic E-state index is 12.3. The summed E-state index contributed by atoms with van der Waals surface area (Å²) in [6.45, 7) is 0. The van der Waals surface area contributed by atoms with Crippen LogP contribution in [-0.4, -0.2) is 52.7 Å². The zero-order valence-electron chi connectivity index (χ0n) is 16.6. The molecule has 0 aromatic heterocycles. The molecule has 11 heteroatoms. The molecular weight excluding hydrogens is 456 g/mol. The van der Waals surface area contributed by atoms with Crippen LogP contribution in [0.1, 0.15) is 41.4 Å². The summed E-state index contributed by atoms with van der Waals surface area (Å²) in [5, 5.41) is 34.5. The second kappa shape index (κ2) is 10.2. The Morgan fingerprint density at radius 3 is 1.06 bits per heavy atom. The van der Waals surface area contributed by atoms with Crippen LogP contribution in [0.2, 0.25) is 0 Å². The molecule has 4 N–H and O–H groups in total. The van der Waals surface area contributed by atoms with Crippen LogP contribution in [0.25, 0.3) is 0 Å². The van der Waals surface area contributed by atoms with Gasteiger partial charge >= 0.3 is 23.9 Å². The van der Waals surface area contributed by atoms with Gasteiger partial charge in [-0.05, 0) is 66.7 Å². The Morgan fingerprint density at radius 2 is 0.788 bits per heavy atom. The Morgan fingerprint density at radius 1 is 0.485 bits per heavy atom. The molecule has 33 heavy (non-hydrogen) atoms. The first-order chi connectivity index (χ1) is 15.4. The van der Waals surface area contributed by atoms with Gasteiger partial charge in [0.15, 0.2) is 0 Å². The number of sulfone groups is 1. The minimum Gasteiger partial charge on any atom is -0.478 e. The van der Waals surface area contributed by atoms with E-state index >= 15 is 0 Å². The van der Waals surface area contributed by atoms with Crippen molar-refractivity contribution in [3.05, 3.63) is 95.1 Å². The summed E-state index contributed by atoms with van der Waals surface area (Å²) in [6, 6.07) is 14.8. The van der Waals surface area contributed by atoms with Crippen molar-refractivity contribution in [1.82, 2.24) is 0 Å². The van der Waals surface area contributed by atoms with Gasteiger partial charge in [-0.25, -0.2) is 27.6 Å². The lowest BCUT2D eigenvalue weighted by Gasteiger charge is -2.05. The fourth-order valence-corrected chi connectivity index (χ4v) is 3.74. The van der Waals surface area contributed by atoms with E-state index in [1.165, 1.54) is 66.7 Å². The monoisotopic (exact) mass is 472 g/mol. The summed E-state index contributed by atoms with van der Waals surface area (Å²) < 4.78 is 24.6. The molecule has 0 aliphatic carbocycles. The van der Waals surface area contributed by atoms with Crippen LogP contribution in [0.15, 0.2) is 82.6 Å². The molecule has 3 aromatic carbocycles. The van der Waals surface area contributed by atoms with E-state index in [0.29, 0.717) is 0 Å². The average molecular weight is 472 g/mol. The molecule has 0 radical (unpaired) electrons. The summed E-state index contributed by atoms with van der Waals surface area (Å²) in [5.41, 5.74) is -0.0739. The first-order valence-corrected chi connectivity index (χ1v) is 10.4. The third-order valence-electron chi connectivity index (χ3n) is 4.18. The highest BCUT2D eigenvalue weighted by molar-refractivity contribution is 7.91. The minimum atomic E-state index is -3.81. The van der Waals surface area contributed by atoms with E-state index in [1.807, 2.05) is 0 Å². The van der Waals surface area contributed by atoms with Crippen LogP contribution in [0.5, 0.6) is 0 Å². The molecule has 170 valence electrons. The predicted octanol–water partition coefficient (Wildman–Crippen LogP) is 3.00. The summed E-state index contributed by atoms with van der Waals surface area (Å²) in [4.78, 5) is 42.1. The number of aromatic carboxylic acids is 4. The van der Waals surface area contributed by atoms with Crippen molar-refractivity contribution in [2.75, 3.05) is 0 Å². The van der Waals surface area contributed by atoms with Gasteiger partial charge in [0.2, 0.25) is 9.84 Å². The van der Waals surface area contributed by atoms with E-state index < -0.39 is 33.7 Å². The van der Waals surface area contributed by atoms with Gasteiger partial charge in [0.05, 0.1) is 32.0 Å². The van der Waals surface area contributed by atoms with Crippen molar-refractivity contribution in [1.29, 1.82) is 0 Å². The lowest BCUT2D eigenvalue weighted by atomic mass is 10.1. The molecule has 0 aliphatic heterocycles. The van der Waals surface area contributed by atoms with Crippen molar-refractivity contribution in [2.45, 2.75) is 9.79 Å². The van der Waals surface area contributed by atoms with Gasteiger partial charge in [0.1, 0.15) is 0 Å². The van der Waals surface area contributed by atoms with Gasteiger partial charge in [-0.15, -0.1) is 0 Å². The Balaban J connectivity index is 0.000000273. The molecule has 0 unspecified atom stereocenters. The Kier molecular flexibility index (Phi) is 7.65. The number of hydrogen-bond donors (Lipinski definition) is 4. The number of benzene rings is 3. The van der Waals surface area contributed by atoms with Gasteiger partial charge in [0, 0.05) is 0 Å². The molecule has 0 bridgehead atoms. The van der Waals surface area contributed by atoms with E-state index in [9.17, 15) is 27.6 Å². The van der Waals surface area contributed by atoms with Crippen LogP contribution < -0.4 is 0 Å². The highest BCUT2D eigenvalue weighted by Gasteiger charge is 2.18. The predicted molar refractivity (Wildman–Crippen MR) is 113 cm³/mol. The molecule has 0 aliphatic rings. The molecule has 0 fully saturated rings. The summed E-state index contributed by atoms with van der Waals surface area (Å²) in [5.74, 6) is -4.55. The quantitative estimate of drug-likeness (QED) is 0.416. The summed E-state index contributed by atoms with van der Waals surface area (Å²) in [7, 11) is -3.81. The van der Waals surface area contributed by atoms with E-state index in [2.05, 4.69) is 0 Å². The van der Waals surface area contributed by atoms with Gasteiger partial charge in [-0.3, -0.25) is 0 Å². The lowest BCUT2D eigenvalue weighted by molar-refractivity contribution is 0.0680. The fourth-order valence-electron chi connectivity index (χ4n) is 2.47. The molecule has 0 saturated carbocycles. The zero-order chi connectivity index (χ0) is 24.8. The van der Waals surface area contributed by atoms with Crippen LogP contribution in [0.3, 0.4) is 0 Å². The Labute approximate surface area is 186 Å². The van der Waals surface area contributed by atoms with Crippen LogP contribution in [0, 0.1) is 0 Å². The molecule has 3 aromatic rings. The van der Waals surface area contributed by atoms with E-state index in [0.717, 1.165) is 6.07 Å². The topological polar surface area (TPSA) is 183 Å². The summed E-state index contributed by atoms with van der Waals surface area (Å²) >= 11 is 0. The van der Waals surface area contributed by atoms with Crippen molar-refractivity contribution in [3.8, 4) is 0 Å². The smallest absolute Gasteiger partial charge is 0.335 e. The van der Waals surface area contributed by atoms with E-state index in [-0.39, 0.29) is 32.0 Å². The van der Waals surface area contributed by atoms with Crippen molar-refractivity contribution in [2.24, 2.45) is 0 Å². The Hall–Kier alpha value is -4.51. The molecule has 0 atom stereocenters. The van der Waals surface area contributed by atoms with Gasteiger partial charge < -0.3 is 20.4 Å². The van der Waals surface area contributed by atoms with Gasteiger partial charge in [0.25, 0.3) is 0 Å². The van der Waals surface area contributed by atoms with Gasteiger partial charge in [-0.2, -0.15) is 0 Å². The normalized spacial score (nSPS) is 10.4. The SMILES string of the molecule is O=C(O)c1ccc(S(=O)(=O)c2ccc(C(=O)O)cc2)cc1.O=C(O)c1cccc(C(=O)O)c1. The fraction of sp³-hybridized carbons (Fsp3) is 0. The second-order valence-electron chi connectivity index (χ2n) is 6.35.